The molecule has 2 heterocycles. The van der Waals surface area contributed by atoms with Gasteiger partial charge in [-0.25, -0.2) is 4.98 Å². The SMILES string of the molecule is O[C@@]1(c2ccc(Cl)cc2)CSc2nc3cc(C(F)(F)F)ccc3n21. The van der Waals surface area contributed by atoms with Gasteiger partial charge >= 0.3 is 6.18 Å². The van der Waals surface area contributed by atoms with E-state index in [2.05, 4.69) is 4.98 Å². The summed E-state index contributed by atoms with van der Waals surface area (Å²) in [4.78, 5) is 4.25. The van der Waals surface area contributed by atoms with Crippen LogP contribution in [-0.4, -0.2) is 20.4 Å². The van der Waals surface area contributed by atoms with Gasteiger partial charge in [-0.05, 0) is 30.3 Å². The zero-order chi connectivity index (χ0) is 17.1. The highest BCUT2D eigenvalue weighted by Gasteiger charge is 2.41. The van der Waals surface area contributed by atoms with Gasteiger partial charge < -0.3 is 5.11 Å². The molecule has 0 amide bonds. The molecule has 0 fully saturated rings. The normalized spacial score (nSPS) is 20.5. The molecule has 0 bridgehead atoms. The van der Waals surface area contributed by atoms with Crippen molar-refractivity contribution in [2.45, 2.75) is 17.1 Å². The highest BCUT2D eigenvalue weighted by atomic mass is 35.5. The maximum Gasteiger partial charge on any atom is 0.416 e. The fourth-order valence-corrected chi connectivity index (χ4v) is 4.14. The molecule has 3 aromatic rings. The smallest absolute Gasteiger partial charge is 0.366 e. The summed E-state index contributed by atoms with van der Waals surface area (Å²) < 4.78 is 40.2. The van der Waals surface area contributed by atoms with E-state index in [1.165, 1.54) is 17.8 Å². The van der Waals surface area contributed by atoms with Gasteiger partial charge in [-0.3, -0.25) is 4.57 Å². The third kappa shape index (κ3) is 2.30. The van der Waals surface area contributed by atoms with E-state index in [0.29, 0.717) is 27.0 Å². The number of hydrogen-bond donors (Lipinski definition) is 1. The van der Waals surface area contributed by atoms with E-state index < -0.39 is 17.5 Å². The number of thioether (sulfide) groups is 1. The van der Waals surface area contributed by atoms with Crippen molar-refractivity contribution >= 4 is 34.4 Å². The second-order valence-electron chi connectivity index (χ2n) is 5.54. The molecule has 1 aliphatic rings. The van der Waals surface area contributed by atoms with E-state index in [1.807, 2.05) is 0 Å². The molecule has 0 radical (unpaired) electrons. The lowest BCUT2D eigenvalue weighted by molar-refractivity contribution is -0.137. The average Bonchev–Trinajstić information content (AvgIpc) is 3.05. The first kappa shape index (κ1) is 15.8. The largest absolute Gasteiger partial charge is 0.416 e. The fraction of sp³-hybridized carbons (Fsp3) is 0.188. The third-order valence-electron chi connectivity index (χ3n) is 4.03. The standard InChI is InChI=1S/C16H10ClF3N2OS/c17-11-4-1-9(2-5-11)15(23)8-24-14-21-12-7-10(16(18,19)20)3-6-13(12)22(14)15/h1-7,23H,8H2/t15-/m1/s1. The Kier molecular flexibility index (Phi) is 3.39. The van der Waals surface area contributed by atoms with Crippen molar-refractivity contribution in [3.05, 3.63) is 58.6 Å². The van der Waals surface area contributed by atoms with Crippen molar-refractivity contribution in [3.63, 3.8) is 0 Å². The molecule has 1 atom stereocenters. The Morgan fingerprint density at radius 2 is 1.88 bits per heavy atom. The predicted octanol–water partition coefficient (Wildman–Crippen LogP) is 4.51. The van der Waals surface area contributed by atoms with Crippen LogP contribution in [0.3, 0.4) is 0 Å². The molecule has 24 heavy (non-hydrogen) atoms. The Morgan fingerprint density at radius 3 is 2.54 bits per heavy atom. The molecule has 1 aliphatic heterocycles. The Labute approximate surface area is 144 Å². The van der Waals surface area contributed by atoms with E-state index in [0.717, 1.165) is 12.1 Å². The summed E-state index contributed by atoms with van der Waals surface area (Å²) in [5.41, 5.74) is -0.858. The molecule has 2 aromatic carbocycles. The van der Waals surface area contributed by atoms with Crippen molar-refractivity contribution in [1.29, 1.82) is 0 Å². The number of nitrogens with zero attached hydrogens (tertiary/aromatic N) is 2. The summed E-state index contributed by atoms with van der Waals surface area (Å²) >= 11 is 7.19. The molecular formula is C16H10ClF3N2OS. The average molecular weight is 371 g/mol. The Morgan fingerprint density at radius 1 is 1.17 bits per heavy atom. The summed E-state index contributed by atoms with van der Waals surface area (Å²) in [7, 11) is 0. The molecule has 3 nitrogen and oxygen atoms in total. The van der Waals surface area contributed by atoms with E-state index in [4.69, 9.17) is 11.6 Å². The van der Waals surface area contributed by atoms with Gasteiger partial charge in [0.2, 0.25) is 0 Å². The Bertz CT molecular complexity index is 939. The Hall–Kier alpha value is -1.70. The summed E-state index contributed by atoms with van der Waals surface area (Å²) in [6.07, 6.45) is -4.43. The Balaban J connectivity index is 1.89. The van der Waals surface area contributed by atoms with Crippen molar-refractivity contribution in [3.8, 4) is 0 Å². The van der Waals surface area contributed by atoms with Crippen LogP contribution in [0.25, 0.3) is 11.0 Å². The van der Waals surface area contributed by atoms with E-state index in [-0.39, 0.29) is 5.52 Å². The third-order valence-corrected chi connectivity index (χ3v) is 5.36. The number of aromatic nitrogens is 2. The van der Waals surface area contributed by atoms with Crippen LogP contribution in [0.15, 0.2) is 47.6 Å². The quantitative estimate of drug-likeness (QED) is 0.685. The molecule has 0 spiro atoms. The van der Waals surface area contributed by atoms with Crippen LogP contribution in [0.2, 0.25) is 5.02 Å². The zero-order valence-electron chi connectivity index (χ0n) is 12.0. The van der Waals surface area contributed by atoms with E-state index in [9.17, 15) is 18.3 Å². The topological polar surface area (TPSA) is 38.1 Å². The number of hydrogen-bond acceptors (Lipinski definition) is 3. The van der Waals surface area contributed by atoms with Crippen molar-refractivity contribution in [2.24, 2.45) is 0 Å². The molecule has 1 aromatic heterocycles. The number of rotatable bonds is 1. The summed E-state index contributed by atoms with van der Waals surface area (Å²) in [6, 6.07) is 10.1. The monoisotopic (exact) mass is 370 g/mol. The van der Waals surface area contributed by atoms with E-state index in [1.54, 1.807) is 28.8 Å². The van der Waals surface area contributed by atoms with Crippen LogP contribution in [-0.2, 0) is 11.9 Å². The van der Waals surface area contributed by atoms with Gasteiger partial charge in [-0.1, -0.05) is 35.5 Å². The fourth-order valence-electron chi connectivity index (χ4n) is 2.85. The predicted molar refractivity (Wildman–Crippen MR) is 86.2 cm³/mol. The maximum atomic E-state index is 12.9. The van der Waals surface area contributed by atoms with E-state index >= 15 is 0 Å². The first-order valence-electron chi connectivity index (χ1n) is 7.00. The van der Waals surface area contributed by atoms with Crippen molar-refractivity contribution in [1.82, 2.24) is 9.55 Å². The van der Waals surface area contributed by atoms with Gasteiger partial charge in [0.15, 0.2) is 10.9 Å². The first-order valence-corrected chi connectivity index (χ1v) is 8.37. The number of aliphatic hydroxyl groups is 1. The van der Waals surface area contributed by atoms with Crippen LogP contribution >= 0.6 is 23.4 Å². The van der Waals surface area contributed by atoms with Crippen LogP contribution < -0.4 is 0 Å². The molecular weight excluding hydrogens is 361 g/mol. The summed E-state index contributed by atoms with van der Waals surface area (Å²) in [6.45, 7) is 0. The summed E-state index contributed by atoms with van der Waals surface area (Å²) in [5.74, 6) is 0.327. The van der Waals surface area contributed by atoms with Gasteiger partial charge in [-0.15, -0.1) is 0 Å². The maximum absolute atomic E-state index is 12.9. The van der Waals surface area contributed by atoms with Crippen LogP contribution in [0.4, 0.5) is 13.2 Å². The number of fused-ring (bicyclic) bond motifs is 3. The van der Waals surface area contributed by atoms with Gasteiger partial charge in [0.25, 0.3) is 0 Å². The lowest BCUT2D eigenvalue weighted by Gasteiger charge is -2.25. The van der Waals surface area contributed by atoms with Gasteiger partial charge in [0.1, 0.15) is 0 Å². The van der Waals surface area contributed by atoms with Crippen LogP contribution in [0, 0.1) is 0 Å². The minimum atomic E-state index is -4.43. The minimum absolute atomic E-state index is 0.208. The zero-order valence-corrected chi connectivity index (χ0v) is 13.6. The molecule has 124 valence electrons. The first-order chi connectivity index (χ1) is 11.3. The minimum Gasteiger partial charge on any atom is -0.366 e. The second kappa shape index (κ2) is 5.15. The molecule has 0 saturated carbocycles. The second-order valence-corrected chi connectivity index (χ2v) is 6.92. The van der Waals surface area contributed by atoms with Gasteiger partial charge in [0.05, 0.1) is 22.3 Å². The molecule has 1 N–H and O–H groups in total. The van der Waals surface area contributed by atoms with Crippen molar-refractivity contribution < 1.29 is 18.3 Å². The summed E-state index contributed by atoms with van der Waals surface area (Å²) in [5, 5.41) is 12.2. The molecule has 0 unspecified atom stereocenters. The van der Waals surface area contributed by atoms with Crippen LogP contribution in [0.1, 0.15) is 11.1 Å². The number of benzene rings is 2. The number of halogens is 4. The number of imidazole rings is 1. The highest BCUT2D eigenvalue weighted by Crippen LogP contribution is 2.44. The van der Waals surface area contributed by atoms with Crippen molar-refractivity contribution in [2.75, 3.05) is 5.75 Å². The molecule has 4 rings (SSSR count). The highest BCUT2D eigenvalue weighted by molar-refractivity contribution is 7.99. The molecule has 8 heteroatoms. The lowest BCUT2D eigenvalue weighted by atomic mass is 10.0. The molecule has 0 saturated heterocycles. The van der Waals surface area contributed by atoms with Crippen LogP contribution in [0.5, 0.6) is 0 Å². The number of alkyl halides is 3. The van der Waals surface area contributed by atoms with Gasteiger partial charge in [0, 0.05) is 10.6 Å². The lowest BCUT2D eigenvalue weighted by Crippen LogP contribution is -2.33. The molecule has 0 aliphatic carbocycles. The van der Waals surface area contributed by atoms with Gasteiger partial charge in [-0.2, -0.15) is 13.2 Å².